The van der Waals surface area contributed by atoms with Crippen molar-refractivity contribution >= 4 is 27.9 Å². The first-order valence-corrected chi connectivity index (χ1v) is 7.93. The maximum atomic E-state index is 9.10. The summed E-state index contributed by atoms with van der Waals surface area (Å²) in [7, 11) is 0. The summed E-state index contributed by atoms with van der Waals surface area (Å²) >= 11 is 3.41. The highest BCUT2D eigenvalue weighted by Crippen LogP contribution is 2.16. The van der Waals surface area contributed by atoms with E-state index in [2.05, 4.69) is 20.8 Å². The van der Waals surface area contributed by atoms with E-state index in [9.17, 15) is 0 Å². The minimum Gasteiger partial charge on any atom is -0.494 e. The molecule has 1 aliphatic heterocycles. The van der Waals surface area contributed by atoms with Gasteiger partial charge in [0.2, 0.25) is 0 Å². The van der Waals surface area contributed by atoms with Gasteiger partial charge in [-0.2, -0.15) is 0 Å². The van der Waals surface area contributed by atoms with Crippen molar-refractivity contribution in [3.63, 3.8) is 0 Å². The lowest BCUT2D eigenvalue weighted by atomic mass is 10.3. The van der Waals surface area contributed by atoms with Gasteiger partial charge in [0.25, 0.3) is 0 Å². The second kappa shape index (κ2) is 11.0. The van der Waals surface area contributed by atoms with E-state index in [4.69, 9.17) is 29.3 Å². The number of carboxylic acid groups (broad SMARTS) is 2. The molecular formula is C15H20BrNO6. The lowest BCUT2D eigenvalue weighted by Crippen LogP contribution is -2.37. The first kappa shape index (κ1) is 19.4. The van der Waals surface area contributed by atoms with Crippen LogP contribution in [-0.4, -0.2) is 66.5 Å². The van der Waals surface area contributed by atoms with Crippen LogP contribution in [0.4, 0.5) is 0 Å². The molecule has 1 fully saturated rings. The molecule has 0 atom stereocenters. The molecule has 0 spiro atoms. The minimum absolute atomic E-state index is 0.777. The summed E-state index contributed by atoms with van der Waals surface area (Å²) < 4.78 is 12.1. The standard InChI is InChI=1S/C13H18BrNO2.C2H2O4/c14-12-2-4-13(5-3-12)17-9-1-6-15-7-10-16-11-8-15;3-1(4)2(5)6/h2-5H,1,6-11H2;(H,3,4)(H,5,6). The zero-order valence-corrected chi connectivity index (χ0v) is 14.2. The Labute approximate surface area is 142 Å². The number of rotatable bonds is 5. The fourth-order valence-corrected chi connectivity index (χ4v) is 2.10. The molecule has 1 aromatic rings. The largest absolute Gasteiger partial charge is 0.494 e. The molecule has 1 heterocycles. The van der Waals surface area contributed by atoms with Gasteiger partial charge in [-0.05, 0) is 30.7 Å². The Morgan fingerprint density at radius 2 is 1.70 bits per heavy atom. The summed E-state index contributed by atoms with van der Waals surface area (Å²) in [6.45, 7) is 5.72. The van der Waals surface area contributed by atoms with E-state index in [1.54, 1.807) is 0 Å². The quantitative estimate of drug-likeness (QED) is 0.584. The van der Waals surface area contributed by atoms with Crippen molar-refractivity contribution in [3.8, 4) is 5.75 Å². The van der Waals surface area contributed by atoms with Gasteiger partial charge in [0, 0.05) is 24.1 Å². The molecule has 2 rings (SSSR count). The summed E-state index contributed by atoms with van der Waals surface area (Å²) in [5.41, 5.74) is 0. The smallest absolute Gasteiger partial charge is 0.414 e. The highest BCUT2D eigenvalue weighted by molar-refractivity contribution is 9.10. The first-order chi connectivity index (χ1) is 11.0. The molecular weight excluding hydrogens is 370 g/mol. The highest BCUT2D eigenvalue weighted by Gasteiger charge is 2.09. The van der Waals surface area contributed by atoms with Crippen molar-refractivity contribution in [2.75, 3.05) is 39.5 Å². The Hall–Kier alpha value is -1.64. The zero-order chi connectivity index (χ0) is 17.1. The molecule has 128 valence electrons. The van der Waals surface area contributed by atoms with Crippen LogP contribution in [0.5, 0.6) is 5.75 Å². The van der Waals surface area contributed by atoms with Crippen molar-refractivity contribution in [1.82, 2.24) is 4.90 Å². The fourth-order valence-electron chi connectivity index (χ4n) is 1.83. The van der Waals surface area contributed by atoms with Gasteiger partial charge in [-0.3, -0.25) is 4.90 Å². The third-order valence-corrected chi connectivity index (χ3v) is 3.52. The molecule has 0 saturated carbocycles. The average Bonchev–Trinajstić information content (AvgIpc) is 2.55. The van der Waals surface area contributed by atoms with Gasteiger partial charge in [-0.25, -0.2) is 9.59 Å². The van der Waals surface area contributed by atoms with E-state index < -0.39 is 11.9 Å². The van der Waals surface area contributed by atoms with Crippen LogP contribution in [0.3, 0.4) is 0 Å². The predicted molar refractivity (Wildman–Crippen MR) is 86.8 cm³/mol. The Morgan fingerprint density at radius 3 is 2.22 bits per heavy atom. The third kappa shape index (κ3) is 9.17. The lowest BCUT2D eigenvalue weighted by Gasteiger charge is -2.26. The molecule has 0 bridgehead atoms. The highest BCUT2D eigenvalue weighted by atomic mass is 79.9. The van der Waals surface area contributed by atoms with E-state index in [1.807, 2.05) is 24.3 Å². The average molecular weight is 390 g/mol. The van der Waals surface area contributed by atoms with Crippen LogP contribution in [0.2, 0.25) is 0 Å². The topological polar surface area (TPSA) is 96.3 Å². The van der Waals surface area contributed by atoms with Crippen LogP contribution in [-0.2, 0) is 14.3 Å². The van der Waals surface area contributed by atoms with Gasteiger partial charge >= 0.3 is 11.9 Å². The van der Waals surface area contributed by atoms with Crippen molar-refractivity contribution in [2.45, 2.75) is 6.42 Å². The second-order valence-electron chi connectivity index (χ2n) is 4.72. The number of carboxylic acids is 2. The zero-order valence-electron chi connectivity index (χ0n) is 12.6. The van der Waals surface area contributed by atoms with E-state index >= 15 is 0 Å². The number of hydrogen-bond donors (Lipinski definition) is 2. The molecule has 7 nitrogen and oxygen atoms in total. The monoisotopic (exact) mass is 389 g/mol. The number of benzene rings is 1. The van der Waals surface area contributed by atoms with E-state index in [0.29, 0.717) is 0 Å². The molecule has 1 aliphatic rings. The van der Waals surface area contributed by atoms with E-state index in [0.717, 1.165) is 56.1 Å². The summed E-state index contributed by atoms with van der Waals surface area (Å²) in [6, 6.07) is 7.96. The third-order valence-electron chi connectivity index (χ3n) is 2.99. The molecule has 0 amide bonds. The molecule has 23 heavy (non-hydrogen) atoms. The summed E-state index contributed by atoms with van der Waals surface area (Å²) in [6.07, 6.45) is 1.07. The Morgan fingerprint density at radius 1 is 1.13 bits per heavy atom. The van der Waals surface area contributed by atoms with Crippen LogP contribution in [0, 0.1) is 0 Å². The van der Waals surface area contributed by atoms with Gasteiger partial charge in [0.1, 0.15) is 5.75 Å². The maximum Gasteiger partial charge on any atom is 0.414 e. The number of aliphatic carboxylic acids is 2. The van der Waals surface area contributed by atoms with Crippen LogP contribution >= 0.6 is 15.9 Å². The lowest BCUT2D eigenvalue weighted by molar-refractivity contribution is -0.159. The first-order valence-electron chi connectivity index (χ1n) is 7.13. The van der Waals surface area contributed by atoms with Gasteiger partial charge in [0.05, 0.1) is 19.8 Å². The number of ether oxygens (including phenoxy) is 2. The molecule has 0 radical (unpaired) electrons. The Kier molecular flexibility index (Phi) is 9.27. The molecule has 0 aliphatic carbocycles. The number of halogens is 1. The summed E-state index contributed by atoms with van der Waals surface area (Å²) in [5, 5.41) is 14.8. The summed E-state index contributed by atoms with van der Waals surface area (Å²) in [5.74, 6) is -2.71. The van der Waals surface area contributed by atoms with Gasteiger partial charge in [-0.15, -0.1) is 0 Å². The number of morpholine rings is 1. The Balaban J connectivity index is 0.000000379. The maximum absolute atomic E-state index is 9.10. The van der Waals surface area contributed by atoms with Crippen LogP contribution in [0.25, 0.3) is 0 Å². The number of carbonyl (C=O) groups is 2. The molecule has 1 aromatic carbocycles. The van der Waals surface area contributed by atoms with Crippen LogP contribution < -0.4 is 4.74 Å². The van der Waals surface area contributed by atoms with Crippen molar-refractivity contribution in [3.05, 3.63) is 28.7 Å². The number of nitrogens with zero attached hydrogens (tertiary/aromatic N) is 1. The van der Waals surface area contributed by atoms with Crippen molar-refractivity contribution < 1.29 is 29.3 Å². The molecule has 0 unspecified atom stereocenters. The Bertz CT molecular complexity index is 475. The van der Waals surface area contributed by atoms with Crippen LogP contribution in [0.15, 0.2) is 28.7 Å². The summed E-state index contributed by atoms with van der Waals surface area (Å²) in [4.78, 5) is 20.6. The van der Waals surface area contributed by atoms with E-state index in [1.165, 1.54) is 0 Å². The van der Waals surface area contributed by atoms with E-state index in [-0.39, 0.29) is 0 Å². The predicted octanol–water partition coefficient (Wildman–Crippen LogP) is 1.71. The number of hydrogen-bond acceptors (Lipinski definition) is 5. The molecule has 1 saturated heterocycles. The SMILES string of the molecule is Brc1ccc(OCCCN2CCOCC2)cc1.O=C(O)C(=O)O. The molecule has 0 aromatic heterocycles. The van der Waals surface area contributed by atoms with Crippen molar-refractivity contribution in [1.29, 1.82) is 0 Å². The second-order valence-corrected chi connectivity index (χ2v) is 5.64. The molecule has 2 N–H and O–H groups in total. The molecule has 8 heteroatoms. The van der Waals surface area contributed by atoms with Crippen LogP contribution in [0.1, 0.15) is 6.42 Å². The normalized spacial score (nSPS) is 14.5. The van der Waals surface area contributed by atoms with Gasteiger partial charge < -0.3 is 19.7 Å². The van der Waals surface area contributed by atoms with Gasteiger partial charge in [0.15, 0.2) is 0 Å². The fraction of sp³-hybridized carbons (Fsp3) is 0.467. The van der Waals surface area contributed by atoms with Crippen molar-refractivity contribution in [2.24, 2.45) is 0 Å². The minimum atomic E-state index is -1.82. The van der Waals surface area contributed by atoms with Gasteiger partial charge in [-0.1, -0.05) is 15.9 Å².